The van der Waals surface area contributed by atoms with Gasteiger partial charge in [0, 0.05) is 49.4 Å². The Labute approximate surface area is 145 Å². The van der Waals surface area contributed by atoms with Crippen molar-refractivity contribution >= 4 is 11.9 Å². The molecule has 4 heterocycles. The number of hydrazone groups is 1. The zero-order chi connectivity index (χ0) is 16.8. The Morgan fingerprint density at radius 3 is 2.88 bits per heavy atom. The smallest absolute Gasteiger partial charge is 0.200 e. The lowest BCUT2D eigenvalue weighted by Crippen LogP contribution is -2.46. The van der Waals surface area contributed by atoms with E-state index in [2.05, 4.69) is 27.1 Å². The first-order chi connectivity index (χ1) is 12.3. The second-order valence-electron chi connectivity index (χ2n) is 6.67. The molecule has 1 aromatic carbocycles. The standard InChI is InChI=1S/C19H18FN5/c20-14-6-4-13(5-7-14)17-10-19(24-12-15-9-16(24)11-21-15)25-18(23-17)3-1-2-8-22-25/h1,4-8,10,15-16,21H,2,9,11-12H2. The Balaban J connectivity index is 1.60. The maximum absolute atomic E-state index is 13.3. The summed E-state index contributed by atoms with van der Waals surface area (Å²) in [5, 5.41) is 9.98. The average molecular weight is 335 g/mol. The van der Waals surface area contributed by atoms with E-state index in [1.807, 2.05) is 17.3 Å². The van der Waals surface area contributed by atoms with Crippen molar-refractivity contribution in [3.8, 4) is 0 Å². The molecular formula is C19H18FN5. The largest absolute Gasteiger partial charge is 0.351 e. The van der Waals surface area contributed by atoms with Crippen LogP contribution in [0.2, 0.25) is 0 Å². The number of likely N-dealkylation sites (tertiary alicyclic amines) is 1. The normalized spacial score (nSPS) is 27.0. The number of hydrogen-bond donors (Lipinski definition) is 1. The maximum atomic E-state index is 13.3. The van der Waals surface area contributed by atoms with Crippen molar-refractivity contribution in [3.63, 3.8) is 0 Å². The lowest BCUT2D eigenvalue weighted by Gasteiger charge is -2.37. The van der Waals surface area contributed by atoms with E-state index in [0.29, 0.717) is 17.9 Å². The number of nitrogens with zero attached hydrogens (tertiary/aromatic N) is 4. The highest BCUT2D eigenvalue weighted by molar-refractivity contribution is 6.10. The molecule has 0 aromatic heterocycles. The monoisotopic (exact) mass is 335 g/mol. The van der Waals surface area contributed by atoms with Crippen LogP contribution in [0, 0.1) is 5.82 Å². The van der Waals surface area contributed by atoms with Crippen molar-refractivity contribution in [2.24, 2.45) is 10.1 Å². The van der Waals surface area contributed by atoms with Gasteiger partial charge >= 0.3 is 0 Å². The number of halogens is 1. The van der Waals surface area contributed by atoms with Crippen molar-refractivity contribution in [2.75, 3.05) is 13.1 Å². The van der Waals surface area contributed by atoms with Gasteiger partial charge in [0.15, 0.2) is 5.82 Å². The molecule has 6 heteroatoms. The first-order valence-corrected chi connectivity index (χ1v) is 8.62. The predicted molar refractivity (Wildman–Crippen MR) is 94.5 cm³/mol. The van der Waals surface area contributed by atoms with Gasteiger partial charge in [0.2, 0.25) is 0 Å². The van der Waals surface area contributed by atoms with Crippen molar-refractivity contribution in [1.82, 2.24) is 15.2 Å². The molecule has 0 saturated carbocycles. The number of fused-ring (bicyclic) bond motifs is 3. The van der Waals surface area contributed by atoms with Gasteiger partial charge in [-0.3, -0.25) is 0 Å². The molecule has 5 rings (SSSR count). The van der Waals surface area contributed by atoms with Crippen LogP contribution in [-0.2, 0) is 0 Å². The van der Waals surface area contributed by atoms with Crippen LogP contribution < -0.4 is 5.32 Å². The van der Waals surface area contributed by atoms with Crippen LogP contribution in [0.3, 0.4) is 0 Å². The topological polar surface area (TPSA) is 43.2 Å². The van der Waals surface area contributed by atoms with Crippen LogP contribution in [0.15, 0.2) is 63.9 Å². The molecule has 126 valence electrons. The minimum atomic E-state index is -0.243. The van der Waals surface area contributed by atoms with E-state index < -0.39 is 0 Å². The lowest BCUT2D eigenvalue weighted by molar-refractivity contribution is 0.208. The van der Waals surface area contributed by atoms with Crippen LogP contribution in [0.1, 0.15) is 18.4 Å². The summed E-state index contributed by atoms with van der Waals surface area (Å²) in [6.45, 7) is 1.97. The summed E-state index contributed by atoms with van der Waals surface area (Å²) in [6, 6.07) is 7.48. The first kappa shape index (κ1) is 14.6. The number of nitrogens with one attached hydrogen (secondary N) is 1. The molecule has 0 amide bonds. The summed E-state index contributed by atoms with van der Waals surface area (Å²) < 4.78 is 13.3. The van der Waals surface area contributed by atoms with Gasteiger partial charge in [-0.25, -0.2) is 9.38 Å². The second-order valence-corrected chi connectivity index (χ2v) is 6.67. The van der Waals surface area contributed by atoms with Crippen LogP contribution in [0.5, 0.6) is 0 Å². The quantitative estimate of drug-likeness (QED) is 0.843. The molecule has 2 atom stereocenters. The van der Waals surface area contributed by atoms with Crippen molar-refractivity contribution in [1.29, 1.82) is 0 Å². The van der Waals surface area contributed by atoms with Crippen molar-refractivity contribution < 1.29 is 4.39 Å². The number of piperazine rings is 1. The highest BCUT2D eigenvalue weighted by Gasteiger charge is 2.41. The lowest BCUT2D eigenvalue weighted by atomic mass is 10.1. The first-order valence-electron chi connectivity index (χ1n) is 8.62. The van der Waals surface area contributed by atoms with Gasteiger partial charge in [-0.2, -0.15) is 10.1 Å². The number of benzene rings is 1. The van der Waals surface area contributed by atoms with Gasteiger partial charge < -0.3 is 10.2 Å². The molecule has 25 heavy (non-hydrogen) atoms. The molecule has 0 aliphatic carbocycles. The Morgan fingerprint density at radius 2 is 2.12 bits per heavy atom. The molecule has 5 nitrogen and oxygen atoms in total. The summed E-state index contributed by atoms with van der Waals surface area (Å²) in [6.07, 6.45) is 7.76. The fraction of sp³-hybridized carbons (Fsp3) is 0.316. The van der Waals surface area contributed by atoms with E-state index in [4.69, 9.17) is 4.99 Å². The van der Waals surface area contributed by atoms with Crippen molar-refractivity contribution in [3.05, 3.63) is 65.2 Å². The molecule has 4 aliphatic heterocycles. The third kappa shape index (κ3) is 2.51. The molecule has 0 spiro atoms. The minimum Gasteiger partial charge on any atom is -0.351 e. The SMILES string of the molecule is Fc1ccc(C2=NC3=C=CCC=NN3C(N3CC4CC3CN4)=C2)cc1. The Hall–Kier alpha value is -2.69. The Kier molecular flexibility index (Phi) is 3.33. The van der Waals surface area contributed by atoms with Gasteiger partial charge in [0.1, 0.15) is 11.6 Å². The zero-order valence-electron chi connectivity index (χ0n) is 13.7. The maximum Gasteiger partial charge on any atom is 0.200 e. The number of allylic oxidation sites excluding steroid dienone is 2. The fourth-order valence-corrected chi connectivity index (χ4v) is 3.84. The van der Waals surface area contributed by atoms with Gasteiger partial charge in [0.25, 0.3) is 0 Å². The molecule has 1 N–H and O–H groups in total. The average Bonchev–Trinajstić information content (AvgIpc) is 3.18. The van der Waals surface area contributed by atoms with Gasteiger partial charge in [-0.05, 0) is 36.8 Å². The van der Waals surface area contributed by atoms with Crippen LogP contribution >= 0.6 is 0 Å². The van der Waals surface area contributed by atoms with Crippen LogP contribution in [-0.4, -0.2) is 47.0 Å². The van der Waals surface area contributed by atoms with E-state index in [9.17, 15) is 4.39 Å². The second kappa shape index (κ2) is 5.69. The summed E-state index contributed by atoms with van der Waals surface area (Å²) >= 11 is 0. The summed E-state index contributed by atoms with van der Waals surface area (Å²) in [5.74, 6) is 1.46. The molecule has 0 radical (unpaired) electrons. The van der Waals surface area contributed by atoms with Gasteiger partial charge in [-0.1, -0.05) is 5.73 Å². The van der Waals surface area contributed by atoms with E-state index >= 15 is 0 Å². The predicted octanol–water partition coefficient (Wildman–Crippen LogP) is 2.20. The van der Waals surface area contributed by atoms with E-state index in [1.54, 1.807) is 12.1 Å². The molecule has 2 bridgehead atoms. The van der Waals surface area contributed by atoms with Gasteiger partial charge in [0.05, 0.1) is 5.71 Å². The van der Waals surface area contributed by atoms with E-state index in [1.165, 1.54) is 12.1 Å². The van der Waals surface area contributed by atoms with Gasteiger partial charge in [-0.15, -0.1) is 0 Å². The highest BCUT2D eigenvalue weighted by atomic mass is 19.1. The van der Waals surface area contributed by atoms with Crippen LogP contribution in [0.25, 0.3) is 0 Å². The zero-order valence-corrected chi connectivity index (χ0v) is 13.7. The fourth-order valence-electron chi connectivity index (χ4n) is 3.84. The molecule has 4 aliphatic rings. The third-order valence-corrected chi connectivity index (χ3v) is 5.05. The Morgan fingerprint density at radius 1 is 1.24 bits per heavy atom. The third-order valence-electron chi connectivity index (χ3n) is 5.05. The number of aliphatic imine (C=N–C) groups is 1. The molecule has 2 unspecified atom stereocenters. The summed E-state index contributed by atoms with van der Waals surface area (Å²) in [4.78, 5) is 7.12. The Bertz CT molecular complexity index is 860. The van der Waals surface area contributed by atoms with E-state index in [-0.39, 0.29) is 5.82 Å². The number of hydrogen-bond acceptors (Lipinski definition) is 5. The van der Waals surface area contributed by atoms with Crippen molar-refractivity contribution in [2.45, 2.75) is 24.9 Å². The number of rotatable bonds is 2. The molecule has 2 saturated heterocycles. The minimum absolute atomic E-state index is 0.243. The van der Waals surface area contributed by atoms with E-state index in [0.717, 1.165) is 43.0 Å². The summed E-state index contributed by atoms with van der Waals surface area (Å²) in [7, 11) is 0. The molecular weight excluding hydrogens is 317 g/mol. The molecule has 2 fully saturated rings. The summed E-state index contributed by atoms with van der Waals surface area (Å²) in [5.41, 5.74) is 4.95. The molecule has 1 aromatic rings. The highest BCUT2D eigenvalue weighted by Crippen LogP contribution is 2.33. The van der Waals surface area contributed by atoms with Crippen LogP contribution in [0.4, 0.5) is 4.39 Å².